The first-order chi connectivity index (χ1) is 7.08. The van der Waals surface area contributed by atoms with Gasteiger partial charge >= 0.3 is 5.97 Å². The fourth-order valence-electron chi connectivity index (χ4n) is 1.86. The Morgan fingerprint density at radius 3 is 2.40 bits per heavy atom. The Kier molecular flexibility index (Phi) is 3.90. The van der Waals surface area contributed by atoms with E-state index in [0.29, 0.717) is 12.8 Å². The number of rotatable bonds is 3. The Morgan fingerprint density at radius 2 is 1.93 bits per heavy atom. The van der Waals surface area contributed by atoms with Crippen LogP contribution in [0, 0.1) is 12.3 Å². The molecule has 0 aromatic rings. The Morgan fingerprint density at radius 1 is 1.33 bits per heavy atom. The van der Waals surface area contributed by atoms with Gasteiger partial charge in [0.2, 0.25) is 0 Å². The van der Waals surface area contributed by atoms with E-state index in [1.54, 1.807) is 0 Å². The lowest BCUT2D eigenvalue weighted by Gasteiger charge is -2.31. The molecule has 3 heteroatoms. The maximum atomic E-state index is 11.3. The molecule has 0 spiro atoms. The number of ether oxygens (including phenoxy) is 1. The third-order valence-electron chi connectivity index (χ3n) is 2.63. The number of terminal acetylenes is 1. The molecule has 0 bridgehead atoms. The highest BCUT2D eigenvalue weighted by Crippen LogP contribution is 2.31. The second-order valence-electron chi connectivity index (χ2n) is 4.05. The van der Waals surface area contributed by atoms with Gasteiger partial charge in [0.05, 0.1) is 0 Å². The summed E-state index contributed by atoms with van der Waals surface area (Å²) in [5, 5.41) is 0. The van der Waals surface area contributed by atoms with Crippen LogP contribution in [-0.2, 0) is 14.3 Å². The van der Waals surface area contributed by atoms with Crippen LogP contribution in [0.2, 0.25) is 0 Å². The van der Waals surface area contributed by atoms with E-state index < -0.39 is 11.6 Å². The zero-order valence-corrected chi connectivity index (χ0v) is 9.04. The molecule has 0 amide bonds. The van der Waals surface area contributed by atoms with Crippen molar-refractivity contribution in [3.05, 3.63) is 0 Å². The van der Waals surface area contributed by atoms with Crippen molar-refractivity contribution in [2.75, 3.05) is 0 Å². The van der Waals surface area contributed by atoms with Crippen molar-refractivity contribution in [1.82, 2.24) is 0 Å². The largest absolute Gasteiger partial charge is 0.446 e. The summed E-state index contributed by atoms with van der Waals surface area (Å²) in [6.45, 7) is 1.37. The number of hydrogen-bond donors (Lipinski definition) is 0. The van der Waals surface area contributed by atoms with Crippen LogP contribution in [-0.4, -0.2) is 17.4 Å². The van der Waals surface area contributed by atoms with Gasteiger partial charge in [-0.15, -0.1) is 6.42 Å². The lowest BCUT2D eigenvalue weighted by atomic mass is 9.85. The first-order valence-corrected chi connectivity index (χ1v) is 5.27. The lowest BCUT2D eigenvalue weighted by Crippen LogP contribution is -2.36. The van der Waals surface area contributed by atoms with Gasteiger partial charge in [-0.3, -0.25) is 9.59 Å². The summed E-state index contributed by atoms with van der Waals surface area (Å²) in [6.07, 6.45) is 9.76. The molecule has 0 aromatic heterocycles. The van der Waals surface area contributed by atoms with Gasteiger partial charge in [0.1, 0.15) is 12.2 Å². The van der Waals surface area contributed by atoms with Gasteiger partial charge in [0.15, 0.2) is 5.60 Å². The first-order valence-electron chi connectivity index (χ1n) is 5.27. The first kappa shape index (κ1) is 11.8. The minimum Gasteiger partial charge on any atom is -0.446 e. The van der Waals surface area contributed by atoms with Gasteiger partial charge < -0.3 is 4.74 Å². The maximum Gasteiger partial charge on any atom is 0.314 e. The van der Waals surface area contributed by atoms with Gasteiger partial charge in [0, 0.05) is 0 Å². The van der Waals surface area contributed by atoms with Crippen molar-refractivity contribution in [3.63, 3.8) is 0 Å². The van der Waals surface area contributed by atoms with E-state index >= 15 is 0 Å². The molecular formula is C12H16O3. The lowest BCUT2D eigenvalue weighted by molar-refractivity contribution is -0.157. The van der Waals surface area contributed by atoms with E-state index in [1.807, 2.05) is 0 Å². The van der Waals surface area contributed by atoms with E-state index in [4.69, 9.17) is 11.2 Å². The average Bonchev–Trinajstić information content (AvgIpc) is 2.17. The fraction of sp³-hybridized carbons (Fsp3) is 0.667. The van der Waals surface area contributed by atoms with Crippen molar-refractivity contribution < 1.29 is 14.3 Å². The molecule has 0 N–H and O–H groups in total. The Bertz CT molecular complexity index is 292. The van der Waals surface area contributed by atoms with E-state index in [0.717, 1.165) is 19.3 Å². The van der Waals surface area contributed by atoms with Crippen LogP contribution >= 0.6 is 0 Å². The zero-order chi connectivity index (χ0) is 11.3. The predicted octanol–water partition coefficient (Wildman–Crippen LogP) is 1.84. The molecule has 0 aliphatic heterocycles. The second kappa shape index (κ2) is 4.97. The van der Waals surface area contributed by atoms with Gasteiger partial charge in [-0.25, -0.2) is 0 Å². The Balaban J connectivity index is 2.56. The normalized spacial score (nSPS) is 18.9. The number of ketones is 1. The van der Waals surface area contributed by atoms with Crippen LogP contribution in [0.15, 0.2) is 0 Å². The van der Waals surface area contributed by atoms with Crippen LogP contribution < -0.4 is 0 Å². The van der Waals surface area contributed by atoms with Crippen LogP contribution in [0.5, 0.6) is 0 Å². The zero-order valence-electron chi connectivity index (χ0n) is 9.04. The number of carbonyl (C=O) groups is 2. The highest BCUT2D eigenvalue weighted by atomic mass is 16.6. The summed E-state index contributed by atoms with van der Waals surface area (Å²) < 4.78 is 5.24. The molecule has 3 nitrogen and oxygen atoms in total. The summed E-state index contributed by atoms with van der Waals surface area (Å²) in [5.41, 5.74) is -0.745. The van der Waals surface area contributed by atoms with E-state index in [-0.39, 0.29) is 12.2 Å². The minimum atomic E-state index is -0.745. The molecule has 1 aliphatic rings. The molecule has 0 saturated heterocycles. The molecule has 1 saturated carbocycles. The van der Waals surface area contributed by atoms with Gasteiger partial charge in [-0.05, 0) is 32.6 Å². The molecule has 0 radical (unpaired) electrons. The number of esters is 1. The smallest absolute Gasteiger partial charge is 0.314 e. The molecule has 0 atom stereocenters. The summed E-state index contributed by atoms with van der Waals surface area (Å²) in [7, 11) is 0. The van der Waals surface area contributed by atoms with E-state index in [9.17, 15) is 9.59 Å². The molecule has 82 valence electrons. The maximum absolute atomic E-state index is 11.3. The number of Topliss-reactive ketones (excluding diaryl/α,β-unsaturated/α-hetero) is 1. The molecule has 0 unspecified atom stereocenters. The molecule has 15 heavy (non-hydrogen) atoms. The minimum absolute atomic E-state index is 0.177. The second-order valence-corrected chi connectivity index (χ2v) is 4.05. The van der Waals surface area contributed by atoms with Crippen molar-refractivity contribution in [1.29, 1.82) is 0 Å². The summed E-state index contributed by atoms with van der Waals surface area (Å²) in [6, 6.07) is 0. The van der Waals surface area contributed by atoms with Crippen molar-refractivity contribution in [3.8, 4) is 12.3 Å². The Hall–Kier alpha value is -1.30. The molecule has 1 rings (SSSR count). The monoisotopic (exact) mass is 208 g/mol. The number of hydrogen-bond acceptors (Lipinski definition) is 3. The summed E-state index contributed by atoms with van der Waals surface area (Å²) >= 11 is 0. The summed E-state index contributed by atoms with van der Waals surface area (Å²) in [5.74, 6) is 1.88. The van der Waals surface area contributed by atoms with Crippen molar-refractivity contribution in [2.24, 2.45) is 0 Å². The highest BCUT2D eigenvalue weighted by Gasteiger charge is 2.33. The molecule has 1 fully saturated rings. The van der Waals surface area contributed by atoms with Crippen LogP contribution in [0.25, 0.3) is 0 Å². The van der Waals surface area contributed by atoms with Gasteiger partial charge in [-0.2, -0.15) is 0 Å². The van der Waals surface area contributed by atoms with Crippen LogP contribution in [0.3, 0.4) is 0 Å². The third-order valence-corrected chi connectivity index (χ3v) is 2.63. The molecule has 1 aliphatic carbocycles. The standard InChI is InChI=1S/C12H16O3/c1-3-12(7-5-4-6-8-12)15-11(14)9-10(2)13/h1H,4-9H2,2H3. The van der Waals surface area contributed by atoms with Gasteiger partial charge in [-0.1, -0.05) is 12.3 Å². The molecular weight excluding hydrogens is 192 g/mol. The third kappa shape index (κ3) is 3.39. The van der Waals surface area contributed by atoms with Crippen molar-refractivity contribution in [2.45, 2.75) is 51.0 Å². The predicted molar refractivity (Wildman–Crippen MR) is 56.0 cm³/mol. The fourth-order valence-corrected chi connectivity index (χ4v) is 1.86. The Labute approximate surface area is 90.2 Å². The van der Waals surface area contributed by atoms with Crippen LogP contribution in [0.1, 0.15) is 45.4 Å². The summed E-state index contributed by atoms with van der Waals surface area (Å²) in [4.78, 5) is 22.1. The van der Waals surface area contributed by atoms with E-state index in [2.05, 4.69) is 5.92 Å². The highest BCUT2D eigenvalue weighted by molar-refractivity contribution is 5.94. The topological polar surface area (TPSA) is 43.4 Å². The quantitative estimate of drug-likeness (QED) is 0.404. The van der Waals surface area contributed by atoms with Crippen molar-refractivity contribution >= 4 is 11.8 Å². The van der Waals surface area contributed by atoms with Gasteiger partial charge in [0.25, 0.3) is 0 Å². The average molecular weight is 208 g/mol. The molecule has 0 aromatic carbocycles. The van der Waals surface area contributed by atoms with E-state index in [1.165, 1.54) is 6.92 Å². The number of carbonyl (C=O) groups excluding carboxylic acids is 2. The molecule has 0 heterocycles. The SMILES string of the molecule is C#CC1(OC(=O)CC(C)=O)CCCCC1. The van der Waals surface area contributed by atoms with Crippen LogP contribution in [0.4, 0.5) is 0 Å².